The monoisotopic (exact) mass is 482 g/mol. The number of thiazole rings is 1. The van der Waals surface area contributed by atoms with Crippen molar-refractivity contribution in [2.45, 2.75) is 13.8 Å². The number of benzene rings is 3. The van der Waals surface area contributed by atoms with Crippen LogP contribution in [-0.4, -0.2) is 27.8 Å². The number of amides is 1. The van der Waals surface area contributed by atoms with E-state index in [1.54, 1.807) is 23.5 Å². The fourth-order valence-corrected chi connectivity index (χ4v) is 4.74. The number of aryl methyl sites for hydroxylation is 2. The number of fused-ring (bicyclic) bond motifs is 1. The molecule has 0 aliphatic carbocycles. The molecule has 2 aromatic heterocycles. The minimum absolute atomic E-state index is 0.0123. The first-order chi connectivity index (χ1) is 16.9. The fraction of sp³-hybridized carbons (Fsp3) is 0.111. The number of carbonyl (C=O) groups is 1. The third-order valence-electron chi connectivity index (χ3n) is 5.54. The molecule has 2 heterocycles. The molecule has 1 N–H and O–H groups in total. The zero-order valence-corrected chi connectivity index (χ0v) is 20.2. The van der Waals surface area contributed by atoms with Crippen molar-refractivity contribution in [3.8, 4) is 22.0 Å². The van der Waals surface area contributed by atoms with Gasteiger partial charge < -0.3 is 10.1 Å². The van der Waals surface area contributed by atoms with Crippen molar-refractivity contribution in [3.63, 3.8) is 0 Å². The van der Waals surface area contributed by atoms with Crippen LogP contribution in [0.5, 0.6) is 5.75 Å². The van der Waals surface area contributed by atoms with Crippen LogP contribution in [-0.2, 0) is 0 Å². The highest BCUT2D eigenvalue weighted by Gasteiger charge is 2.18. The molecule has 0 aliphatic heterocycles. The summed E-state index contributed by atoms with van der Waals surface area (Å²) in [6, 6.07) is 22.2. The summed E-state index contributed by atoms with van der Waals surface area (Å²) in [6.45, 7) is 4.02. The number of ether oxygens (including phenoxy) is 1. The van der Waals surface area contributed by atoms with Crippen molar-refractivity contribution >= 4 is 33.1 Å². The summed E-state index contributed by atoms with van der Waals surface area (Å²) in [6.07, 6.45) is 0. The van der Waals surface area contributed by atoms with Gasteiger partial charge in [-0.15, -0.1) is 11.3 Å². The van der Waals surface area contributed by atoms with Gasteiger partial charge in [0.1, 0.15) is 5.01 Å². The molecule has 8 heteroatoms. The van der Waals surface area contributed by atoms with Gasteiger partial charge in [0.2, 0.25) is 0 Å². The van der Waals surface area contributed by atoms with Crippen molar-refractivity contribution in [2.75, 3.05) is 12.4 Å². The fourth-order valence-electron chi connectivity index (χ4n) is 3.67. The van der Waals surface area contributed by atoms with Gasteiger partial charge in [0, 0.05) is 11.3 Å². The van der Waals surface area contributed by atoms with E-state index < -0.39 is 11.5 Å². The normalized spacial score (nSPS) is 10.9. The van der Waals surface area contributed by atoms with Gasteiger partial charge in [-0.1, -0.05) is 23.8 Å². The van der Waals surface area contributed by atoms with Crippen LogP contribution in [0.2, 0.25) is 0 Å². The van der Waals surface area contributed by atoms with Gasteiger partial charge in [-0.25, -0.2) is 4.98 Å². The molecule has 0 radical (unpaired) electrons. The van der Waals surface area contributed by atoms with E-state index in [0.29, 0.717) is 11.4 Å². The van der Waals surface area contributed by atoms with Crippen LogP contribution in [0.4, 0.5) is 5.69 Å². The number of aromatic nitrogens is 3. The summed E-state index contributed by atoms with van der Waals surface area (Å²) >= 11 is 1.63. The highest BCUT2D eigenvalue weighted by molar-refractivity contribution is 7.21. The summed E-state index contributed by atoms with van der Waals surface area (Å²) in [4.78, 5) is 30.3. The summed E-state index contributed by atoms with van der Waals surface area (Å²) in [5, 5.41) is 8.05. The Bertz CT molecular complexity index is 1600. The Morgan fingerprint density at radius 3 is 2.37 bits per heavy atom. The lowest BCUT2D eigenvalue weighted by Gasteiger charge is -2.12. The molecule has 7 nitrogen and oxygen atoms in total. The maximum absolute atomic E-state index is 13.1. The number of anilines is 1. The molecule has 1 amide bonds. The number of hydrogen-bond acceptors (Lipinski definition) is 6. The van der Waals surface area contributed by atoms with E-state index in [0.717, 1.165) is 26.4 Å². The molecule has 3 aromatic carbocycles. The highest BCUT2D eigenvalue weighted by atomic mass is 32.1. The Hall–Kier alpha value is -4.30. The number of methoxy groups -OCH3 is 1. The molecule has 5 rings (SSSR count). The third kappa shape index (κ3) is 4.56. The number of hydrogen-bond donors (Lipinski definition) is 1. The minimum Gasteiger partial charge on any atom is -0.494 e. The summed E-state index contributed by atoms with van der Waals surface area (Å²) in [5.74, 6) is -0.372. The lowest BCUT2D eigenvalue weighted by atomic mass is 10.2. The Morgan fingerprint density at radius 1 is 0.943 bits per heavy atom. The largest absolute Gasteiger partial charge is 0.494 e. The molecule has 0 spiro atoms. The van der Waals surface area contributed by atoms with E-state index in [1.165, 1.54) is 23.4 Å². The second-order valence-electron chi connectivity index (χ2n) is 8.17. The third-order valence-corrected chi connectivity index (χ3v) is 6.61. The minimum atomic E-state index is -0.481. The van der Waals surface area contributed by atoms with E-state index in [9.17, 15) is 9.59 Å². The number of nitrogens with one attached hydrogen (secondary N) is 1. The predicted molar refractivity (Wildman–Crippen MR) is 139 cm³/mol. The average Bonchev–Trinajstić information content (AvgIpc) is 3.28. The molecule has 174 valence electrons. The molecule has 0 saturated heterocycles. The molecule has 0 bridgehead atoms. The predicted octanol–water partition coefficient (Wildman–Crippen LogP) is 5.39. The number of nitrogens with zero attached hydrogens (tertiary/aromatic N) is 3. The van der Waals surface area contributed by atoms with Crippen LogP contribution < -0.4 is 15.6 Å². The molecular weight excluding hydrogens is 460 g/mol. The molecule has 35 heavy (non-hydrogen) atoms. The van der Waals surface area contributed by atoms with Gasteiger partial charge in [0.05, 0.1) is 29.1 Å². The van der Waals surface area contributed by atoms with Gasteiger partial charge in [-0.3, -0.25) is 9.59 Å². The summed E-state index contributed by atoms with van der Waals surface area (Å²) < 4.78 is 7.59. The number of rotatable bonds is 5. The average molecular weight is 483 g/mol. The zero-order chi connectivity index (χ0) is 24.5. The Labute approximate surface area is 205 Å². The van der Waals surface area contributed by atoms with Gasteiger partial charge in [0.25, 0.3) is 11.5 Å². The zero-order valence-electron chi connectivity index (χ0n) is 19.4. The Morgan fingerprint density at radius 2 is 1.66 bits per heavy atom. The first kappa shape index (κ1) is 22.5. The van der Waals surface area contributed by atoms with E-state index in [4.69, 9.17) is 9.72 Å². The Kier molecular flexibility index (Phi) is 5.88. The Balaban J connectivity index is 1.41. The maximum Gasteiger partial charge on any atom is 0.279 e. The van der Waals surface area contributed by atoms with E-state index in [2.05, 4.69) is 29.5 Å². The van der Waals surface area contributed by atoms with Crippen molar-refractivity contribution < 1.29 is 9.53 Å². The summed E-state index contributed by atoms with van der Waals surface area (Å²) in [7, 11) is 1.40. The number of carbonyl (C=O) groups excluding carboxylic acids is 1. The van der Waals surface area contributed by atoms with Crippen LogP contribution in [0, 0.1) is 13.8 Å². The van der Waals surface area contributed by atoms with Crippen LogP contribution in [0.15, 0.2) is 77.6 Å². The first-order valence-electron chi connectivity index (χ1n) is 11.0. The molecule has 0 saturated carbocycles. The van der Waals surface area contributed by atoms with Crippen molar-refractivity contribution in [1.29, 1.82) is 0 Å². The molecule has 0 atom stereocenters. The molecule has 0 aliphatic rings. The van der Waals surface area contributed by atoms with Gasteiger partial charge in [0.15, 0.2) is 11.4 Å². The molecule has 5 aromatic rings. The van der Waals surface area contributed by atoms with Crippen LogP contribution >= 0.6 is 11.3 Å². The second-order valence-corrected chi connectivity index (χ2v) is 9.20. The van der Waals surface area contributed by atoms with E-state index >= 15 is 0 Å². The van der Waals surface area contributed by atoms with E-state index in [1.807, 2.05) is 49.4 Å². The lowest BCUT2D eigenvalue weighted by Crippen LogP contribution is -2.26. The SMILES string of the molecule is COc1cc(=O)n(-c2ccc(C)cc2)nc1C(=O)Nc1ccc(-c2nc3ccc(C)cc3s2)cc1. The maximum atomic E-state index is 13.1. The first-order valence-corrected chi connectivity index (χ1v) is 11.8. The molecule has 0 unspecified atom stereocenters. The molecule has 0 fully saturated rings. The van der Waals surface area contributed by atoms with Crippen molar-refractivity contribution in [3.05, 3.63) is 100.0 Å². The van der Waals surface area contributed by atoms with Crippen molar-refractivity contribution in [2.24, 2.45) is 0 Å². The standard InChI is InChI=1S/C27H22N4O3S/c1-16-4-11-20(12-5-16)31-24(32)15-22(34-3)25(30-31)26(33)28-19-9-7-18(8-10-19)27-29-21-13-6-17(2)14-23(21)35-27/h4-15H,1-3H3,(H,28,33). The van der Waals surface area contributed by atoms with Crippen LogP contribution in [0.25, 0.3) is 26.5 Å². The highest BCUT2D eigenvalue weighted by Crippen LogP contribution is 2.31. The summed E-state index contributed by atoms with van der Waals surface area (Å²) in [5.41, 5.74) is 4.96. The quantitative estimate of drug-likeness (QED) is 0.363. The molecular formula is C27H22N4O3S. The van der Waals surface area contributed by atoms with E-state index in [-0.39, 0.29) is 11.4 Å². The topological polar surface area (TPSA) is 86.1 Å². The smallest absolute Gasteiger partial charge is 0.279 e. The van der Waals surface area contributed by atoms with Crippen LogP contribution in [0.1, 0.15) is 21.6 Å². The van der Waals surface area contributed by atoms with Crippen LogP contribution in [0.3, 0.4) is 0 Å². The second kappa shape index (κ2) is 9.15. The van der Waals surface area contributed by atoms with Gasteiger partial charge in [-0.05, 0) is 67.9 Å². The van der Waals surface area contributed by atoms with Crippen molar-refractivity contribution in [1.82, 2.24) is 14.8 Å². The van der Waals surface area contributed by atoms with Gasteiger partial charge in [-0.2, -0.15) is 9.78 Å². The lowest BCUT2D eigenvalue weighted by molar-refractivity contribution is 0.101. The van der Waals surface area contributed by atoms with Gasteiger partial charge >= 0.3 is 0 Å².